The van der Waals surface area contributed by atoms with E-state index in [2.05, 4.69) is 51.3 Å². The Balaban J connectivity index is 1.17. The van der Waals surface area contributed by atoms with Crippen LogP contribution in [0.1, 0.15) is 128 Å². The van der Waals surface area contributed by atoms with Gasteiger partial charge in [-0.3, -0.25) is 4.79 Å². The molecule has 4 saturated carbocycles. The first kappa shape index (κ1) is 35.6. The third-order valence-corrected chi connectivity index (χ3v) is 15.7. The Morgan fingerprint density at radius 1 is 0.854 bits per heavy atom. The summed E-state index contributed by atoms with van der Waals surface area (Å²) in [5.41, 5.74) is 3.12. The number of benzene rings is 1. The highest BCUT2D eigenvalue weighted by Crippen LogP contribution is 2.77. The number of hydrogen-bond acceptors (Lipinski definition) is 5. The Hall–Kier alpha value is -2.22. The fourth-order valence-electron chi connectivity index (χ4n) is 13.0. The van der Waals surface area contributed by atoms with Crippen molar-refractivity contribution in [3.05, 3.63) is 41.5 Å². The predicted molar refractivity (Wildman–Crippen MR) is 190 cm³/mol. The number of carbonyl (C=O) groups is 2. The van der Waals surface area contributed by atoms with Crippen LogP contribution in [0, 0.1) is 50.7 Å². The smallest absolute Gasteiger partial charge is 0.335 e. The van der Waals surface area contributed by atoms with Crippen LogP contribution in [-0.2, 0) is 4.79 Å². The van der Waals surface area contributed by atoms with Crippen molar-refractivity contribution in [1.29, 1.82) is 0 Å². The van der Waals surface area contributed by atoms with Crippen LogP contribution in [0.3, 0.4) is 0 Å². The molecular formula is C41H62N2O5. The second-order valence-corrected chi connectivity index (χ2v) is 18.3. The summed E-state index contributed by atoms with van der Waals surface area (Å²) in [5, 5.41) is 35.0. The molecule has 5 aliphatic carbocycles. The molecule has 0 aliphatic heterocycles. The van der Waals surface area contributed by atoms with Crippen LogP contribution < -0.4 is 10.6 Å². The maximum absolute atomic E-state index is 12.5. The molecule has 7 heteroatoms. The van der Waals surface area contributed by atoms with Gasteiger partial charge >= 0.3 is 5.97 Å². The minimum Gasteiger partial charge on any atom is -0.478 e. The average molecular weight is 663 g/mol. The van der Waals surface area contributed by atoms with Crippen LogP contribution in [0.4, 0.5) is 0 Å². The Bertz CT molecular complexity index is 1420. The molecule has 266 valence electrons. The zero-order chi connectivity index (χ0) is 34.8. The van der Waals surface area contributed by atoms with Gasteiger partial charge in [0.15, 0.2) is 0 Å². The molecular weight excluding hydrogens is 600 g/mol. The number of allylic oxidation sites excluding steroid dienone is 2. The van der Waals surface area contributed by atoms with E-state index in [1.165, 1.54) is 68.9 Å². The first-order valence-electron chi connectivity index (χ1n) is 18.9. The zero-order valence-electron chi connectivity index (χ0n) is 30.5. The minimum absolute atomic E-state index is 0.0153. The third kappa shape index (κ3) is 5.49. The quantitative estimate of drug-likeness (QED) is 0.171. The number of fused-ring (bicyclic) bond motifs is 7. The number of aliphatic hydroxyl groups is 2. The number of aromatic carboxylic acids is 1. The number of nitrogens with one attached hydrogen (secondary N) is 2. The Morgan fingerprint density at radius 2 is 1.56 bits per heavy atom. The summed E-state index contributed by atoms with van der Waals surface area (Å²) in [6.45, 7) is 15.6. The van der Waals surface area contributed by atoms with Gasteiger partial charge in [0, 0.05) is 19.5 Å². The Morgan fingerprint density at radius 3 is 2.23 bits per heavy atom. The van der Waals surface area contributed by atoms with E-state index >= 15 is 0 Å². The molecule has 5 N–H and O–H groups in total. The maximum Gasteiger partial charge on any atom is 0.335 e. The van der Waals surface area contributed by atoms with E-state index in [1.807, 2.05) is 12.1 Å². The van der Waals surface area contributed by atoms with Gasteiger partial charge in [-0.25, -0.2) is 4.79 Å². The zero-order valence-corrected chi connectivity index (χ0v) is 30.5. The van der Waals surface area contributed by atoms with Crippen molar-refractivity contribution in [3.63, 3.8) is 0 Å². The normalized spacial score (nSPS) is 38.5. The fraction of sp³-hybridized carbons (Fsp3) is 0.756. The summed E-state index contributed by atoms with van der Waals surface area (Å²) in [6, 6.07) is 7.55. The third-order valence-electron chi connectivity index (χ3n) is 15.7. The van der Waals surface area contributed by atoms with Crippen LogP contribution in [0.2, 0.25) is 0 Å². The summed E-state index contributed by atoms with van der Waals surface area (Å²) in [5.74, 6) is 1.74. The number of carboxylic acid groups (broad SMARTS) is 1. The molecule has 1 amide bonds. The van der Waals surface area contributed by atoms with Crippen molar-refractivity contribution in [2.75, 3.05) is 26.3 Å². The van der Waals surface area contributed by atoms with Gasteiger partial charge in [0.1, 0.15) is 0 Å². The van der Waals surface area contributed by atoms with E-state index in [0.717, 1.165) is 24.8 Å². The average Bonchev–Trinajstić information content (AvgIpc) is 3.47. The van der Waals surface area contributed by atoms with Gasteiger partial charge in [-0.05, 0) is 139 Å². The van der Waals surface area contributed by atoms with Gasteiger partial charge in [0.05, 0.1) is 24.3 Å². The number of amides is 1. The van der Waals surface area contributed by atoms with Crippen LogP contribution in [0.5, 0.6) is 0 Å². The minimum atomic E-state index is -0.979. The molecule has 48 heavy (non-hydrogen) atoms. The van der Waals surface area contributed by atoms with E-state index in [4.69, 9.17) is 0 Å². The van der Waals surface area contributed by atoms with Crippen molar-refractivity contribution in [2.45, 2.75) is 118 Å². The lowest BCUT2D eigenvalue weighted by Gasteiger charge is -2.72. The Labute approximate surface area is 288 Å². The molecule has 0 heterocycles. The number of aliphatic hydroxyl groups excluding tert-OH is 2. The predicted octanol–water partition coefficient (Wildman–Crippen LogP) is 7.07. The lowest BCUT2D eigenvalue weighted by molar-refractivity contribution is -0.222. The van der Waals surface area contributed by atoms with Crippen LogP contribution >= 0.6 is 0 Å². The number of carbonyl (C=O) groups excluding carboxylic acids is 1. The molecule has 0 aromatic heterocycles. The molecule has 8 atom stereocenters. The van der Waals surface area contributed by atoms with Crippen molar-refractivity contribution in [2.24, 2.45) is 50.7 Å². The second kappa shape index (κ2) is 12.5. The van der Waals surface area contributed by atoms with Gasteiger partial charge in [-0.1, -0.05) is 59.2 Å². The largest absolute Gasteiger partial charge is 0.478 e. The number of rotatable bonds is 10. The van der Waals surface area contributed by atoms with Gasteiger partial charge in [0.25, 0.3) is 0 Å². The van der Waals surface area contributed by atoms with Crippen molar-refractivity contribution in [1.82, 2.24) is 10.6 Å². The van der Waals surface area contributed by atoms with Gasteiger partial charge < -0.3 is 26.0 Å². The highest BCUT2D eigenvalue weighted by Gasteiger charge is 2.69. The highest BCUT2D eigenvalue weighted by molar-refractivity contribution is 5.88. The monoisotopic (exact) mass is 662 g/mol. The first-order chi connectivity index (χ1) is 22.6. The fourth-order valence-corrected chi connectivity index (χ4v) is 13.0. The molecule has 6 unspecified atom stereocenters. The molecule has 1 aromatic rings. The highest BCUT2D eigenvalue weighted by atomic mass is 16.4. The second-order valence-electron chi connectivity index (χ2n) is 18.3. The topological polar surface area (TPSA) is 119 Å². The van der Waals surface area contributed by atoms with E-state index < -0.39 is 11.5 Å². The molecule has 0 bridgehead atoms. The molecule has 0 saturated heterocycles. The van der Waals surface area contributed by atoms with Crippen LogP contribution in [0.15, 0.2) is 30.3 Å². The molecule has 0 radical (unpaired) electrons. The summed E-state index contributed by atoms with van der Waals surface area (Å²) in [6.07, 6.45) is 15.6. The summed E-state index contributed by atoms with van der Waals surface area (Å²) in [7, 11) is 0. The molecule has 7 nitrogen and oxygen atoms in total. The molecule has 0 spiro atoms. The molecule has 4 fully saturated rings. The van der Waals surface area contributed by atoms with Gasteiger partial charge in [-0.2, -0.15) is 0 Å². The van der Waals surface area contributed by atoms with E-state index in [9.17, 15) is 24.9 Å². The summed E-state index contributed by atoms with van der Waals surface area (Å²) in [4.78, 5) is 24.1. The summed E-state index contributed by atoms with van der Waals surface area (Å²) >= 11 is 0. The number of hydrogen-bond donors (Lipinski definition) is 5. The van der Waals surface area contributed by atoms with Crippen LogP contribution in [-0.4, -0.2) is 59.0 Å². The number of carboxylic acids is 1. The lowest BCUT2D eigenvalue weighted by atomic mass is 9.32. The first-order valence-corrected chi connectivity index (χ1v) is 18.9. The van der Waals surface area contributed by atoms with Gasteiger partial charge in [0.2, 0.25) is 5.91 Å². The summed E-state index contributed by atoms with van der Waals surface area (Å²) < 4.78 is 0. The van der Waals surface area contributed by atoms with E-state index in [0.29, 0.717) is 46.6 Å². The van der Waals surface area contributed by atoms with Gasteiger partial charge in [-0.15, -0.1) is 0 Å². The van der Waals surface area contributed by atoms with Crippen LogP contribution in [0.25, 0.3) is 5.57 Å². The lowest BCUT2D eigenvalue weighted by Crippen LogP contribution is -2.65. The van der Waals surface area contributed by atoms with E-state index in [-0.39, 0.29) is 30.0 Å². The van der Waals surface area contributed by atoms with Crippen molar-refractivity contribution >= 4 is 17.4 Å². The Kier molecular flexibility index (Phi) is 9.29. The van der Waals surface area contributed by atoms with Crippen molar-refractivity contribution < 1.29 is 24.9 Å². The standard InChI is InChI=1S/C41H62N2O5/c1-36(2)29(27-9-11-28(12-10-27)35(47)48)15-19-38(4)32(36)16-20-40(6)33(38)14-13-30-31-8-7-18-41(31,22-21-39(30,40)5)24-42-23-17-34(46)43-37(3,25-44)26-45/h9-12,15,30-33,42,44-45H,7-8,13-14,16-26H2,1-6H3,(H,43,46)(H,47,48)/t30?,31?,32?,33?,38?,39-,40?,41-/m1/s1. The SMILES string of the molecule is CC(CO)(CO)NC(=O)CCNC[C@]12CCCC1C1CCC3C4(C)CC=C(c5ccc(C(=O)O)cc5)C(C)(C)C4CCC3(C)[C@]1(C)CC2. The molecule has 1 aromatic carbocycles. The molecule has 6 rings (SSSR count). The molecule has 5 aliphatic rings. The van der Waals surface area contributed by atoms with E-state index in [1.54, 1.807) is 19.1 Å². The van der Waals surface area contributed by atoms with Crippen molar-refractivity contribution in [3.8, 4) is 0 Å². The maximum atomic E-state index is 12.5.